The monoisotopic (exact) mass is 367 g/mol. The van der Waals surface area contributed by atoms with Gasteiger partial charge in [0, 0.05) is 47.7 Å². The number of pyridine rings is 1. The van der Waals surface area contributed by atoms with E-state index in [1.807, 2.05) is 31.9 Å². The molecule has 0 spiro atoms. The SMILES string of the molecule is CC(C)(C)OC(=O)N1C2CCC1C(c1cnc(N)c(-c3cncnc3)c1)C2. The molecule has 4 rings (SSSR count). The third-order valence-electron chi connectivity index (χ3n) is 5.38. The molecule has 2 aliphatic heterocycles. The lowest BCUT2D eigenvalue weighted by Gasteiger charge is -2.28. The third kappa shape index (κ3) is 3.34. The van der Waals surface area contributed by atoms with E-state index in [-0.39, 0.29) is 24.1 Å². The molecule has 27 heavy (non-hydrogen) atoms. The van der Waals surface area contributed by atoms with Crippen LogP contribution in [-0.4, -0.2) is 43.6 Å². The molecule has 0 aromatic carbocycles. The molecule has 7 heteroatoms. The Morgan fingerprint density at radius 1 is 1.22 bits per heavy atom. The predicted octanol–water partition coefficient (Wildman–Crippen LogP) is 3.38. The lowest BCUT2D eigenvalue weighted by atomic mass is 9.84. The summed E-state index contributed by atoms with van der Waals surface area (Å²) in [5.74, 6) is 0.702. The van der Waals surface area contributed by atoms with Crippen molar-refractivity contribution in [3.05, 3.63) is 36.5 Å². The number of aromatic nitrogens is 3. The van der Waals surface area contributed by atoms with Crippen molar-refractivity contribution in [1.29, 1.82) is 0 Å². The van der Waals surface area contributed by atoms with Crippen LogP contribution < -0.4 is 5.73 Å². The minimum Gasteiger partial charge on any atom is -0.444 e. The highest BCUT2D eigenvalue weighted by atomic mass is 16.6. The van der Waals surface area contributed by atoms with Gasteiger partial charge in [-0.3, -0.25) is 0 Å². The summed E-state index contributed by atoms with van der Waals surface area (Å²) < 4.78 is 5.63. The average molecular weight is 367 g/mol. The van der Waals surface area contributed by atoms with Gasteiger partial charge in [0.15, 0.2) is 0 Å². The Labute approximate surface area is 159 Å². The van der Waals surface area contributed by atoms with Crippen molar-refractivity contribution in [1.82, 2.24) is 19.9 Å². The number of hydrogen-bond donors (Lipinski definition) is 1. The van der Waals surface area contributed by atoms with Gasteiger partial charge in [-0.1, -0.05) is 0 Å². The number of amides is 1. The fourth-order valence-corrected chi connectivity index (χ4v) is 4.31. The van der Waals surface area contributed by atoms with E-state index < -0.39 is 5.60 Å². The van der Waals surface area contributed by atoms with Crippen molar-refractivity contribution in [3.8, 4) is 11.1 Å². The second-order valence-electron chi connectivity index (χ2n) is 8.36. The summed E-state index contributed by atoms with van der Waals surface area (Å²) in [6.07, 6.45) is 9.53. The topological polar surface area (TPSA) is 94.2 Å². The maximum atomic E-state index is 12.7. The molecule has 0 aliphatic carbocycles. The van der Waals surface area contributed by atoms with Gasteiger partial charge in [0.25, 0.3) is 0 Å². The lowest BCUT2D eigenvalue weighted by molar-refractivity contribution is 0.0213. The van der Waals surface area contributed by atoms with Gasteiger partial charge in [-0.05, 0) is 51.7 Å². The summed E-state index contributed by atoms with van der Waals surface area (Å²) in [6, 6.07) is 2.45. The van der Waals surface area contributed by atoms with Gasteiger partial charge in [0.05, 0.1) is 0 Å². The molecule has 4 heterocycles. The first-order valence-corrected chi connectivity index (χ1v) is 9.35. The Hall–Kier alpha value is -2.70. The predicted molar refractivity (Wildman–Crippen MR) is 102 cm³/mol. The Kier molecular flexibility index (Phi) is 4.25. The highest BCUT2D eigenvalue weighted by molar-refractivity contribution is 5.74. The van der Waals surface area contributed by atoms with E-state index in [2.05, 4.69) is 21.0 Å². The van der Waals surface area contributed by atoms with E-state index >= 15 is 0 Å². The molecular weight excluding hydrogens is 342 g/mol. The minimum atomic E-state index is -0.488. The van der Waals surface area contributed by atoms with Gasteiger partial charge in [-0.2, -0.15) is 0 Å². The highest BCUT2D eigenvalue weighted by Gasteiger charge is 2.50. The Morgan fingerprint density at radius 3 is 2.67 bits per heavy atom. The van der Waals surface area contributed by atoms with Crippen molar-refractivity contribution < 1.29 is 9.53 Å². The molecule has 2 aromatic rings. The molecule has 0 saturated carbocycles. The quantitative estimate of drug-likeness (QED) is 0.874. The number of nitrogens with zero attached hydrogens (tertiary/aromatic N) is 4. The molecule has 2 bridgehead atoms. The summed E-state index contributed by atoms with van der Waals surface area (Å²) >= 11 is 0. The summed E-state index contributed by atoms with van der Waals surface area (Å²) in [7, 11) is 0. The van der Waals surface area contributed by atoms with Gasteiger partial charge >= 0.3 is 6.09 Å². The standard InChI is InChI=1S/C20H25N5O2/c1-20(2,3)27-19(26)25-14-4-5-17(25)15(7-14)12-6-16(18(21)24-10-12)13-8-22-11-23-9-13/h6,8-11,14-15,17H,4-5,7H2,1-3H3,(H2,21,24). The number of nitrogen functional groups attached to an aromatic ring is 1. The number of ether oxygens (including phenoxy) is 1. The second kappa shape index (κ2) is 6.48. The molecule has 7 nitrogen and oxygen atoms in total. The maximum Gasteiger partial charge on any atom is 0.410 e. The zero-order valence-corrected chi connectivity index (χ0v) is 15.9. The molecule has 2 N–H and O–H groups in total. The normalized spacial score (nSPS) is 24.3. The first-order valence-electron chi connectivity index (χ1n) is 9.35. The van der Waals surface area contributed by atoms with Crippen LogP contribution in [0.4, 0.5) is 10.6 Å². The number of carbonyl (C=O) groups excluding carboxylic acids is 1. The summed E-state index contributed by atoms with van der Waals surface area (Å²) in [5.41, 5.74) is 8.38. The Balaban J connectivity index is 1.61. The van der Waals surface area contributed by atoms with Gasteiger partial charge in [-0.25, -0.2) is 19.7 Å². The van der Waals surface area contributed by atoms with Crippen LogP contribution in [0.2, 0.25) is 0 Å². The molecular formula is C20H25N5O2. The fraction of sp³-hybridized carbons (Fsp3) is 0.500. The van der Waals surface area contributed by atoms with E-state index in [1.54, 1.807) is 12.4 Å². The van der Waals surface area contributed by atoms with E-state index in [0.29, 0.717) is 5.82 Å². The molecule has 3 atom stereocenters. The van der Waals surface area contributed by atoms with E-state index in [1.165, 1.54) is 6.33 Å². The molecule has 142 valence electrons. The summed E-state index contributed by atoms with van der Waals surface area (Å²) in [6.45, 7) is 5.70. The van der Waals surface area contributed by atoms with Crippen LogP contribution in [0.1, 0.15) is 51.5 Å². The Morgan fingerprint density at radius 2 is 1.96 bits per heavy atom. The average Bonchev–Trinajstić information content (AvgIpc) is 3.20. The third-order valence-corrected chi connectivity index (χ3v) is 5.38. The largest absolute Gasteiger partial charge is 0.444 e. The second-order valence-corrected chi connectivity index (χ2v) is 8.36. The molecule has 2 saturated heterocycles. The van der Waals surface area contributed by atoms with E-state index in [4.69, 9.17) is 10.5 Å². The van der Waals surface area contributed by atoms with Crippen LogP contribution in [0.15, 0.2) is 31.0 Å². The number of rotatable bonds is 2. The van der Waals surface area contributed by atoms with E-state index in [0.717, 1.165) is 36.0 Å². The van der Waals surface area contributed by atoms with Crippen LogP contribution in [0.3, 0.4) is 0 Å². The van der Waals surface area contributed by atoms with Gasteiger partial charge < -0.3 is 15.4 Å². The summed E-state index contributed by atoms with van der Waals surface area (Å²) in [5, 5.41) is 0. The van der Waals surface area contributed by atoms with Crippen molar-refractivity contribution in [2.24, 2.45) is 0 Å². The zero-order valence-electron chi connectivity index (χ0n) is 15.9. The van der Waals surface area contributed by atoms with Gasteiger partial charge in [0.1, 0.15) is 17.7 Å². The number of carbonyl (C=O) groups is 1. The van der Waals surface area contributed by atoms with Crippen molar-refractivity contribution in [2.75, 3.05) is 5.73 Å². The minimum absolute atomic E-state index is 0.148. The van der Waals surface area contributed by atoms with Crippen LogP contribution in [0.25, 0.3) is 11.1 Å². The van der Waals surface area contributed by atoms with Gasteiger partial charge in [0.2, 0.25) is 0 Å². The molecule has 3 unspecified atom stereocenters. The summed E-state index contributed by atoms with van der Waals surface area (Å²) in [4.78, 5) is 27.2. The van der Waals surface area contributed by atoms with Crippen LogP contribution in [0.5, 0.6) is 0 Å². The Bertz CT molecular complexity index is 849. The first-order chi connectivity index (χ1) is 12.8. The van der Waals surface area contributed by atoms with Crippen LogP contribution >= 0.6 is 0 Å². The van der Waals surface area contributed by atoms with E-state index in [9.17, 15) is 4.79 Å². The molecule has 0 radical (unpaired) electrons. The molecule has 1 amide bonds. The molecule has 2 aliphatic rings. The van der Waals surface area contributed by atoms with Crippen molar-refractivity contribution in [2.45, 2.75) is 63.6 Å². The lowest BCUT2D eigenvalue weighted by Crippen LogP contribution is -2.40. The van der Waals surface area contributed by atoms with Crippen LogP contribution in [0, 0.1) is 0 Å². The van der Waals surface area contributed by atoms with Crippen molar-refractivity contribution in [3.63, 3.8) is 0 Å². The molecule has 2 fully saturated rings. The number of nitrogens with two attached hydrogens (primary N) is 1. The zero-order chi connectivity index (χ0) is 19.2. The number of anilines is 1. The van der Waals surface area contributed by atoms with Crippen LogP contribution in [-0.2, 0) is 4.74 Å². The highest BCUT2D eigenvalue weighted by Crippen LogP contribution is 2.47. The van der Waals surface area contributed by atoms with Gasteiger partial charge in [-0.15, -0.1) is 0 Å². The smallest absolute Gasteiger partial charge is 0.410 e. The fourth-order valence-electron chi connectivity index (χ4n) is 4.31. The number of fused-ring (bicyclic) bond motifs is 2. The molecule has 2 aromatic heterocycles. The maximum absolute atomic E-state index is 12.7. The number of hydrogen-bond acceptors (Lipinski definition) is 6. The first kappa shape index (κ1) is 17.7. The van der Waals surface area contributed by atoms with Crippen molar-refractivity contribution >= 4 is 11.9 Å².